The van der Waals surface area contributed by atoms with Crippen LogP contribution in [0.2, 0.25) is 5.02 Å². The van der Waals surface area contributed by atoms with Crippen molar-refractivity contribution in [2.75, 3.05) is 5.32 Å². The molecule has 1 nitrogen and oxygen atoms in total. The molecule has 2 rings (SSSR count). The summed E-state index contributed by atoms with van der Waals surface area (Å²) in [5, 5.41) is 3.86. The van der Waals surface area contributed by atoms with Crippen LogP contribution in [0.5, 0.6) is 0 Å². The molecule has 0 saturated heterocycles. The van der Waals surface area contributed by atoms with Crippen molar-refractivity contribution in [2.24, 2.45) is 0 Å². The van der Waals surface area contributed by atoms with Gasteiger partial charge in [0.2, 0.25) is 0 Å². The SMILES string of the molecule is Cc1ccc(NCc2cc(F)cc(Br)c2)c(Cl)c1. The number of hydrogen-bond donors (Lipinski definition) is 1. The van der Waals surface area contributed by atoms with Crippen LogP contribution >= 0.6 is 27.5 Å². The van der Waals surface area contributed by atoms with Crippen LogP contribution < -0.4 is 5.32 Å². The van der Waals surface area contributed by atoms with Crippen molar-refractivity contribution in [1.82, 2.24) is 0 Å². The molecule has 0 aromatic heterocycles. The first-order chi connectivity index (χ1) is 8.54. The molecule has 0 aliphatic carbocycles. The van der Waals surface area contributed by atoms with Gasteiger partial charge in [-0.2, -0.15) is 0 Å². The minimum Gasteiger partial charge on any atom is -0.380 e. The van der Waals surface area contributed by atoms with Gasteiger partial charge in [0.25, 0.3) is 0 Å². The second kappa shape index (κ2) is 5.72. The molecule has 0 bridgehead atoms. The fraction of sp³-hybridized carbons (Fsp3) is 0.143. The first-order valence-corrected chi connectivity index (χ1v) is 6.67. The van der Waals surface area contributed by atoms with Gasteiger partial charge in [-0.25, -0.2) is 4.39 Å². The van der Waals surface area contributed by atoms with E-state index in [-0.39, 0.29) is 5.82 Å². The Bertz CT molecular complexity index is 551. The van der Waals surface area contributed by atoms with E-state index in [4.69, 9.17) is 11.6 Å². The van der Waals surface area contributed by atoms with Gasteiger partial charge in [-0.15, -0.1) is 0 Å². The molecule has 0 fully saturated rings. The molecule has 0 saturated carbocycles. The van der Waals surface area contributed by atoms with E-state index >= 15 is 0 Å². The van der Waals surface area contributed by atoms with E-state index < -0.39 is 0 Å². The molecule has 0 radical (unpaired) electrons. The van der Waals surface area contributed by atoms with E-state index in [2.05, 4.69) is 21.2 Å². The van der Waals surface area contributed by atoms with E-state index in [1.165, 1.54) is 12.1 Å². The van der Waals surface area contributed by atoms with Gasteiger partial charge in [0.05, 0.1) is 10.7 Å². The van der Waals surface area contributed by atoms with E-state index in [0.717, 1.165) is 21.3 Å². The fourth-order valence-corrected chi connectivity index (χ4v) is 2.49. The Morgan fingerprint density at radius 1 is 1.22 bits per heavy atom. The van der Waals surface area contributed by atoms with Gasteiger partial charge in [-0.1, -0.05) is 33.6 Å². The van der Waals surface area contributed by atoms with Crippen LogP contribution in [-0.2, 0) is 6.54 Å². The summed E-state index contributed by atoms with van der Waals surface area (Å²) in [6.07, 6.45) is 0. The largest absolute Gasteiger partial charge is 0.380 e. The van der Waals surface area contributed by atoms with Gasteiger partial charge in [-0.05, 0) is 48.4 Å². The molecule has 0 amide bonds. The van der Waals surface area contributed by atoms with E-state index in [0.29, 0.717) is 11.6 Å². The number of rotatable bonds is 3. The van der Waals surface area contributed by atoms with Crippen LogP contribution in [-0.4, -0.2) is 0 Å². The smallest absolute Gasteiger partial charge is 0.124 e. The lowest BCUT2D eigenvalue weighted by atomic mass is 10.2. The number of halogens is 3. The molecule has 0 atom stereocenters. The maximum atomic E-state index is 13.2. The first kappa shape index (κ1) is 13.4. The van der Waals surface area contributed by atoms with Crippen LogP contribution in [0.1, 0.15) is 11.1 Å². The standard InChI is InChI=1S/C14H12BrClFN/c1-9-2-3-14(13(16)4-9)18-8-10-5-11(15)7-12(17)6-10/h2-7,18H,8H2,1H3. The fourth-order valence-electron chi connectivity index (χ4n) is 1.67. The summed E-state index contributed by atoms with van der Waals surface area (Å²) in [4.78, 5) is 0. The Kier molecular flexibility index (Phi) is 4.25. The number of aryl methyl sites for hydroxylation is 1. The van der Waals surface area contributed by atoms with Crippen molar-refractivity contribution < 1.29 is 4.39 Å². The molecular formula is C14H12BrClFN. The first-order valence-electron chi connectivity index (χ1n) is 5.49. The highest BCUT2D eigenvalue weighted by molar-refractivity contribution is 9.10. The zero-order chi connectivity index (χ0) is 13.1. The predicted molar refractivity (Wildman–Crippen MR) is 77.6 cm³/mol. The van der Waals surface area contributed by atoms with Crippen molar-refractivity contribution in [1.29, 1.82) is 0 Å². The number of hydrogen-bond acceptors (Lipinski definition) is 1. The van der Waals surface area contributed by atoms with Crippen LogP contribution in [0.15, 0.2) is 40.9 Å². The minimum absolute atomic E-state index is 0.254. The third kappa shape index (κ3) is 3.47. The molecule has 4 heteroatoms. The lowest BCUT2D eigenvalue weighted by molar-refractivity contribution is 0.625. The quantitative estimate of drug-likeness (QED) is 0.820. The van der Waals surface area contributed by atoms with Crippen molar-refractivity contribution >= 4 is 33.2 Å². The van der Waals surface area contributed by atoms with Gasteiger partial charge < -0.3 is 5.32 Å². The summed E-state index contributed by atoms with van der Waals surface area (Å²) in [6, 6.07) is 10.6. The van der Waals surface area contributed by atoms with Gasteiger partial charge >= 0.3 is 0 Å². The zero-order valence-electron chi connectivity index (χ0n) is 9.81. The number of anilines is 1. The average Bonchev–Trinajstić information content (AvgIpc) is 2.26. The monoisotopic (exact) mass is 327 g/mol. The van der Waals surface area contributed by atoms with E-state index in [9.17, 15) is 4.39 Å². The van der Waals surface area contributed by atoms with Crippen LogP contribution in [0, 0.1) is 12.7 Å². The van der Waals surface area contributed by atoms with Gasteiger partial charge in [0.15, 0.2) is 0 Å². The Balaban J connectivity index is 2.11. The van der Waals surface area contributed by atoms with Crippen LogP contribution in [0.4, 0.5) is 10.1 Å². The third-order valence-corrected chi connectivity index (χ3v) is 3.30. The minimum atomic E-state index is -0.254. The lowest BCUT2D eigenvalue weighted by Crippen LogP contribution is -2.00. The maximum Gasteiger partial charge on any atom is 0.124 e. The predicted octanol–water partition coefficient (Wildman–Crippen LogP) is 5.16. The van der Waals surface area contributed by atoms with Crippen molar-refractivity contribution in [2.45, 2.75) is 13.5 Å². The molecule has 18 heavy (non-hydrogen) atoms. The Labute approximate surface area is 119 Å². The average molecular weight is 329 g/mol. The molecule has 2 aromatic carbocycles. The summed E-state index contributed by atoms with van der Waals surface area (Å²) < 4.78 is 13.9. The van der Waals surface area contributed by atoms with Gasteiger partial charge in [-0.3, -0.25) is 0 Å². The second-order valence-electron chi connectivity index (χ2n) is 4.11. The number of nitrogens with one attached hydrogen (secondary N) is 1. The highest BCUT2D eigenvalue weighted by Crippen LogP contribution is 2.24. The molecule has 0 spiro atoms. The molecular weight excluding hydrogens is 317 g/mol. The second-order valence-corrected chi connectivity index (χ2v) is 5.44. The normalized spacial score (nSPS) is 10.4. The summed E-state index contributed by atoms with van der Waals surface area (Å²) in [5.41, 5.74) is 2.82. The van der Waals surface area contributed by atoms with Crippen molar-refractivity contribution in [3.63, 3.8) is 0 Å². The Hall–Kier alpha value is -1.06. The zero-order valence-corrected chi connectivity index (χ0v) is 12.1. The molecule has 0 aliphatic rings. The van der Waals surface area contributed by atoms with Crippen molar-refractivity contribution in [3.05, 3.63) is 62.8 Å². The van der Waals surface area contributed by atoms with E-state index in [1.54, 1.807) is 0 Å². The van der Waals surface area contributed by atoms with Gasteiger partial charge in [0, 0.05) is 11.0 Å². The topological polar surface area (TPSA) is 12.0 Å². The maximum absolute atomic E-state index is 13.2. The Morgan fingerprint density at radius 3 is 2.67 bits per heavy atom. The molecule has 0 aliphatic heterocycles. The highest BCUT2D eigenvalue weighted by atomic mass is 79.9. The molecule has 0 unspecified atom stereocenters. The molecule has 2 aromatic rings. The van der Waals surface area contributed by atoms with Gasteiger partial charge in [0.1, 0.15) is 5.82 Å². The Morgan fingerprint density at radius 2 is 2.00 bits per heavy atom. The lowest BCUT2D eigenvalue weighted by Gasteiger charge is -2.09. The molecule has 94 valence electrons. The van der Waals surface area contributed by atoms with Crippen LogP contribution in [0.25, 0.3) is 0 Å². The third-order valence-electron chi connectivity index (χ3n) is 2.53. The summed E-state index contributed by atoms with van der Waals surface area (Å²) in [5.74, 6) is -0.254. The molecule has 1 N–H and O–H groups in total. The summed E-state index contributed by atoms with van der Waals surface area (Å²) >= 11 is 9.38. The van der Waals surface area contributed by atoms with Crippen molar-refractivity contribution in [3.8, 4) is 0 Å². The van der Waals surface area contributed by atoms with E-state index in [1.807, 2.05) is 31.2 Å². The highest BCUT2D eigenvalue weighted by Gasteiger charge is 2.02. The summed E-state index contributed by atoms with van der Waals surface area (Å²) in [7, 11) is 0. The molecule has 0 heterocycles. The summed E-state index contributed by atoms with van der Waals surface area (Å²) in [6.45, 7) is 2.51. The van der Waals surface area contributed by atoms with Crippen LogP contribution in [0.3, 0.4) is 0 Å². The number of benzene rings is 2.